The van der Waals surface area contributed by atoms with Crippen LogP contribution in [0.15, 0.2) is 57.5 Å². The quantitative estimate of drug-likeness (QED) is 0.678. The molecule has 0 unspecified atom stereocenters. The van der Waals surface area contributed by atoms with Gasteiger partial charge in [-0.1, -0.05) is 56.1 Å². The molecule has 0 saturated heterocycles. The van der Waals surface area contributed by atoms with Gasteiger partial charge in [0.1, 0.15) is 0 Å². The highest BCUT2D eigenvalue weighted by Crippen LogP contribution is 2.13. The van der Waals surface area contributed by atoms with E-state index in [-0.39, 0.29) is 11.5 Å². The minimum absolute atomic E-state index is 0.200. The number of hydrogen-bond acceptors (Lipinski definition) is 2. The van der Waals surface area contributed by atoms with E-state index in [9.17, 15) is 8.42 Å². The zero-order valence-electron chi connectivity index (χ0n) is 11.4. The molecule has 2 rings (SSSR count). The molecule has 0 amide bonds. The number of benzene rings is 2. The maximum absolute atomic E-state index is 12.1. The van der Waals surface area contributed by atoms with E-state index in [1.807, 2.05) is 48.5 Å². The summed E-state index contributed by atoms with van der Waals surface area (Å²) in [6.45, 7) is 0. The van der Waals surface area contributed by atoms with Crippen LogP contribution in [0.5, 0.6) is 0 Å². The van der Waals surface area contributed by atoms with Crippen LogP contribution < -0.4 is 0 Å². The van der Waals surface area contributed by atoms with E-state index < -0.39 is 9.84 Å². The zero-order chi connectivity index (χ0) is 15.3. The van der Waals surface area contributed by atoms with Gasteiger partial charge in [-0.15, -0.1) is 0 Å². The molecule has 0 N–H and O–H groups in total. The lowest BCUT2D eigenvalue weighted by molar-refractivity contribution is 0.594. The fraction of sp³-hybridized carbons (Fsp3) is 0.250. The summed E-state index contributed by atoms with van der Waals surface area (Å²) in [5.74, 6) is 0.399. The lowest BCUT2D eigenvalue weighted by atomic mass is 10.2. The third-order valence-corrected chi connectivity index (χ3v) is 5.94. The van der Waals surface area contributed by atoms with Gasteiger partial charge in [-0.25, -0.2) is 8.42 Å². The van der Waals surface area contributed by atoms with Crippen molar-refractivity contribution < 1.29 is 8.42 Å². The normalized spacial score (nSPS) is 11.5. The number of rotatable bonds is 6. The molecule has 0 bridgehead atoms. The second-order valence-corrected chi connectivity index (χ2v) is 9.04. The third kappa shape index (κ3) is 5.93. The fourth-order valence-corrected chi connectivity index (χ4v) is 3.78. The monoisotopic (exact) mass is 430 g/mol. The van der Waals surface area contributed by atoms with Crippen molar-refractivity contribution in [3.63, 3.8) is 0 Å². The lowest BCUT2D eigenvalue weighted by Crippen LogP contribution is -2.14. The van der Waals surface area contributed by atoms with Crippen molar-refractivity contribution in [2.24, 2.45) is 0 Å². The molecule has 2 aromatic carbocycles. The number of sulfone groups is 1. The number of hydrogen-bond donors (Lipinski definition) is 0. The van der Waals surface area contributed by atoms with Crippen LogP contribution in [0.1, 0.15) is 11.1 Å². The van der Waals surface area contributed by atoms with Crippen molar-refractivity contribution in [3.05, 3.63) is 68.6 Å². The molecule has 112 valence electrons. The van der Waals surface area contributed by atoms with Gasteiger partial charge in [0.05, 0.1) is 11.5 Å². The van der Waals surface area contributed by atoms with Crippen molar-refractivity contribution in [2.45, 2.75) is 12.8 Å². The Balaban J connectivity index is 1.87. The average Bonchev–Trinajstić information content (AvgIpc) is 2.46. The summed E-state index contributed by atoms with van der Waals surface area (Å²) < 4.78 is 26.2. The molecule has 0 aliphatic heterocycles. The van der Waals surface area contributed by atoms with Crippen LogP contribution in [0, 0.1) is 0 Å². The Morgan fingerprint density at radius 2 is 1.00 bits per heavy atom. The molecule has 0 radical (unpaired) electrons. The van der Waals surface area contributed by atoms with Crippen LogP contribution >= 0.6 is 31.9 Å². The summed E-state index contributed by atoms with van der Waals surface area (Å²) >= 11 is 6.74. The van der Waals surface area contributed by atoms with Gasteiger partial charge < -0.3 is 0 Å². The average molecular weight is 432 g/mol. The maximum Gasteiger partial charge on any atom is 0.150 e. The fourth-order valence-electron chi connectivity index (χ4n) is 1.95. The number of halogens is 2. The SMILES string of the molecule is O=S(=O)(CCc1ccc(Br)cc1)CCc1ccc(Br)cc1. The molecule has 0 aliphatic rings. The van der Waals surface area contributed by atoms with Crippen LogP contribution in [0.3, 0.4) is 0 Å². The van der Waals surface area contributed by atoms with Crippen molar-refractivity contribution >= 4 is 41.7 Å². The van der Waals surface area contributed by atoms with E-state index in [2.05, 4.69) is 31.9 Å². The second kappa shape index (κ2) is 7.56. The van der Waals surface area contributed by atoms with Gasteiger partial charge in [0, 0.05) is 8.95 Å². The standard InChI is InChI=1S/C16H16Br2O2S/c17-15-5-1-13(2-6-15)9-11-21(19,20)12-10-14-3-7-16(18)8-4-14/h1-8H,9-12H2. The van der Waals surface area contributed by atoms with E-state index in [4.69, 9.17) is 0 Å². The predicted molar refractivity (Wildman–Crippen MR) is 94.3 cm³/mol. The molecule has 0 heterocycles. The Morgan fingerprint density at radius 3 is 1.33 bits per heavy atom. The van der Waals surface area contributed by atoms with Crippen LogP contribution in [-0.4, -0.2) is 19.9 Å². The first kappa shape index (κ1) is 16.7. The first-order valence-corrected chi connectivity index (χ1v) is 10.0. The van der Waals surface area contributed by atoms with Crippen LogP contribution in [0.4, 0.5) is 0 Å². The van der Waals surface area contributed by atoms with Crippen molar-refractivity contribution in [1.82, 2.24) is 0 Å². The van der Waals surface area contributed by atoms with E-state index in [1.165, 1.54) is 0 Å². The minimum Gasteiger partial charge on any atom is -0.229 e. The van der Waals surface area contributed by atoms with Crippen LogP contribution in [0.2, 0.25) is 0 Å². The summed E-state index contributed by atoms with van der Waals surface area (Å²) in [4.78, 5) is 0. The summed E-state index contributed by atoms with van der Waals surface area (Å²) in [6.07, 6.45) is 1.13. The molecule has 21 heavy (non-hydrogen) atoms. The van der Waals surface area contributed by atoms with Gasteiger partial charge >= 0.3 is 0 Å². The van der Waals surface area contributed by atoms with E-state index in [1.54, 1.807) is 0 Å². The molecule has 0 spiro atoms. The van der Waals surface area contributed by atoms with E-state index in [0.717, 1.165) is 20.1 Å². The zero-order valence-corrected chi connectivity index (χ0v) is 15.4. The summed E-state index contributed by atoms with van der Waals surface area (Å²) in [5, 5.41) is 0. The molecular weight excluding hydrogens is 416 g/mol. The van der Waals surface area contributed by atoms with Gasteiger partial charge in [0.25, 0.3) is 0 Å². The van der Waals surface area contributed by atoms with Gasteiger partial charge in [-0.05, 0) is 48.2 Å². The molecule has 2 nitrogen and oxygen atoms in total. The molecule has 0 atom stereocenters. The van der Waals surface area contributed by atoms with Crippen molar-refractivity contribution in [1.29, 1.82) is 0 Å². The Hall–Kier alpha value is -0.650. The Bertz CT molecular complexity index is 622. The molecule has 0 saturated carbocycles. The van der Waals surface area contributed by atoms with Crippen molar-refractivity contribution in [2.75, 3.05) is 11.5 Å². The second-order valence-electron chi connectivity index (χ2n) is 4.90. The van der Waals surface area contributed by atoms with Gasteiger partial charge in [-0.2, -0.15) is 0 Å². The molecule has 0 fully saturated rings. The predicted octanol–water partition coefficient (Wildman–Crippen LogP) is 4.41. The van der Waals surface area contributed by atoms with Gasteiger partial charge in [-0.3, -0.25) is 0 Å². The Morgan fingerprint density at radius 1 is 0.667 bits per heavy atom. The summed E-state index contributed by atoms with van der Waals surface area (Å²) in [7, 11) is -3.02. The van der Waals surface area contributed by atoms with E-state index in [0.29, 0.717) is 12.8 Å². The van der Waals surface area contributed by atoms with E-state index >= 15 is 0 Å². The Kier molecular flexibility index (Phi) is 6.02. The summed E-state index contributed by atoms with van der Waals surface area (Å²) in [6, 6.07) is 15.5. The third-order valence-electron chi connectivity index (χ3n) is 3.23. The highest BCUT2D eigenvalue weighted by Gasteiger charge is 2.11. The topological polar surface area (TPSA) is 34.1 Å². The minimum atomic E-state index is -3.02. The molecular formula is C16H16Br2O2S. The molecule has 2 aromatic rings. The highest BCUT2D eigenvalue weighted by atomic mass is 79.9. The first-order chi connectivity index (χ1) is 9.94. The lowest BCUT2D eigenvalue weighted by Gasteiger charge is -2.05. The van der Waals surface area contributed by atoms with Crippen LogP contribution in [-0.2, 0) is 22.7 Å². The molecule has 0 aliphatic carbocycles. The van der Waals surface area contributed by atoms with Gasteiger partial charge in [0.15, 0.2) is 9.84 Å². The molecule has 0 aromatic heterocycles. The summed E-state index contributed by atoms with van der Waals surface area (Å²) in [5.41, 5.74) is 2.09. The first-order valence-electron chi connectivity index (χ1n) is 6.64. The molecule has 5 heteroatoms. The largest absolute Gasteiger partial charge is 0.229 e. The maximum atomic E-state index is 12.1. The Labute approximate surface area is 142 Å². The number of aryl methyl sites for hydroxylation is 2. The van der Waals surface area contributed by atoms with Crippen LogP contribution in [0.25, 0.3) is 0 Å². The smallest absolute Gasteiger partial charge is 0.150 e. The van der Waals surface area contributed by atoms with Crippen molar-refractivity contribution in [3.8, 4) is 0 Å². The van der Waals surface area contributed by atoms with Gasteiger partial charge in [0.2, 0.25) is 0 Å². The highest BCUT2D eigenvalue weighted by molar-refractivity contribution is 9.10.